The molecule has 7 heteroatoms. The van der Waals surface area contributed by atoms with Crippen molar-refractivity contribution in [3.8, 4) is 0 Å². The van der Waals surface area contributed by atoms with Gasteiger partial charge in [-0.2, -0.15) is 0 Å². The van der Waals surface area contributed by atoms with E-state index >= 15 is 0 Å². The first-order chi connectivity index (χ1) is 13.0. The minimum Gasteiger partial charge on any atom is -0.477 e. The maximum atomic E-state index is 11.4. The summed E-state index contributed by atoms with van der Waals surface area (Å²) in [6, 6.07) is 10.8. The van der Waals surface area contributed by atoms with E-state index in [0.29, 0.717) is 19.4 Å². The lowest BCUT2D eigenvalue weighted by Crippen LogP contribution is -2.30. The van der Waals surface area contributed by atoms with Crippen molar-refractivity contribution >= 4 is 23.2 Å². The Bertz CT molecular complexity index is 801. The number of nitrogens with one attached hydrogen (secondary N) is 1. The van der Waals surface area contributed by atoms with E-state index in [0.717, 1.165) is 22.4 Å². The van der Waals surface area contributed by atoms with Gasteiger partial charge >= 0.3 is 5.97 Å². The molecule has 0 aliphatic carbocycles. The van der Waals surface area contributed by atoms with Gasteiger partial charge in [0.15, 0.2) is 0 Å². The van der Waals surface area contributed by atoms with Gasteiger partial charge in [-0.05, 0) is 36.1 Å². The number of hydrogen-bond donors (Lipinski definition) is 3. The van der Waals surface area contributed by atoms with Crippen LogP contribution in [0, 0.1) is 0 Å². The number of carboxylic acid groups (broad SMARTS) is 1. The molecule has 3 rings (SSSR count). The molecule has 1 amide bonds. The van der Waals surface area contributed by atoms with Gasteiger partial charge in [0.25, 0.3) is 0 Å². The molecule has 0 bridgehead atoms. The van der Waals surface area contributed by atoms with Crippen LogP contribution in [0.5, 0.6) is 0 Å². The summed E-state index contributed by atoms with van der Waals surface area (Å²) in [6.07, 6.45) is 0.941. The van der Waals surface area contributed by atoms with Gasteiger partial charge in [0.2, 0.25) is 5.91 Å². The summed E-state index contributed by atoms with van der Waals surface area (Å²) >= 11 is 1.18. The Kier molecular flexibility index (Phi) is 6.26. The number of rotatable bonds is 8. The number of benzene rings is 1. The second-order valence-corrected chi connectivity index (χ2v) is 7.73. The summed E-state index contributed by atoms with van der Waals surface area (Å²) in [5.41, 5.74) is 1.71. The predicted molar refractivity (Wildman–Crippen MR) is 102 cm³/mol. The van der Waals surface area contributed by atoms with Gasteiger partial charge < -0.3 is 20.3 Å². The number of aliphatic hydroxyl groups is 1. The summed E-state index contributed by atoms with van der Waals surface area (Å²) in [6.45, 7) is 2.27. The van der Waals surface area contributed by atoms with Crippen LogP contribution in [0.4, 0.5) is 0 Å². The van der Waals surface area contributed by atoms with Gasteiger partial charge in [-0.25, -0.2) is 4.79 Å². The van der Waals surface area contributed by atoms with E-state index < -0.39 is 18.2 Å². The molecule has 0 spiro atoms. The van der Waals surface area contributed by atoms with Crippen molar-refractivity contribution in [1.82, 2.24) is 5.32 Å². The summed E-state index contributed by atoms with van der Waals surface area (Å²) in [7, 11) is 0. The quantitative estimate of drug-likeness (QED) is 0.644. The van der Waals surface area contributed by atoms with Gasteiger partial charge in [0.05, 0.1) is 18.8 Å². The van der Waals surface area contributed by atoms with Gasteiger partial charge in [0.1, 0.15) is 11.0 Å². The summed E-state index contributed by atoms with van der Waals surface area (Å²) < 4.78 is 6.11. The lowest BCUT2D eigenvalue weighted by molar-refractivity contribution is -0.119. The van der Waals surface area contributed by atoms with E-state index in [9.17, 15) is 19.8 Å². The second kappa shape index (κ2) is 8.65. The zero-order chi connectivity index (χ0) is 19.4. The number of carbonyl (C=O) groups is 2. The molecule has 3 N–H and O–H groups in total. The lowest BCUT2D eigenvalue weighted by atomic mass is 10.0. The van der Waals surface area contributed by atoms with Crippen LogP contribution in [0.2, 0.25) is 0 Å². The van der Waals surface area contributed by atoms with Crippen LogP contribution in [0.15, 0.2) is 36.4 Å². The van der Waals surface area contributed by atoms with Crippen LogP contribution in [-0.2, 0) is 9.53 Å². The number of carboxylic acids is 1. The number of carbonyl (C=O) groups excluding carboxylic acids is 1. The van der Waals surface area contributed by atoms with Crippen LogP contribution in [0.3, 0.4) is 0 Å². The molecular formula is C20H23NO5S. The van der Waals surface area contributed by atoms with Gasteiger partial charge in [0, 0.05) is 11.3 Å². The van der Waals surface area contributed by atoms with Gasteiger partial charge in [-0.15, -0.1) is 11.3 Å². The van der Waals surface area contributed by atoms with Crippen LogP contribution >= 0.6 is 11.3 Å². The molecule has 1 fully saturated rings. The van der Waals surface area contributed by atoms with Crippen LogP contribution in [0.25, 0.3) is 0 Å². The van der Waals surface area contributed by atoms with Crippen molar-refractivity contribution in [1.29, 1.82) is 0 Å². The molecule has 1 aromatic carbocycles. The molecule has 6 nitrogen and oxygen atoms in total. The van der Waals surface area contributed by atoms with Crippen molar-refractivity contribution in [2.24, 2.45) is 0 Å². The molecule has 1 aromatic heterocycles. The highest BCUT2D eigenvalue weighted by molar-refractivity contribution is 7.14. The number of aliphatic hydroxyl groups excluding tert-OH is 1. The molecule has 2 unspecified atom stereocenters. The van der Waals surface area contributed by atoms with Crippen molar-refractivity contribution in [2.75, 3.05) is 6.61 Å². The Morgan fingerprint density at radius 2 is 1.96 bits per heavy atom. The first-order valence-electron chi connectivity index (χ1n) is 8.99. The van der Waals surface area contributed by atoms with Crippen LogP contribution in [0.1, 0.15) is 64.1 Å². The minimum atomic E-state index is -0.963. The monoisotopic (exact) mass is 389 g/mol. The van der Waals surface area contributed by atoms with E-state index in [-0.39, 0.29) is 16.8 Å². The maximum absolute atomic E-state index is 11.4. The number of ether oxygens (including phenoxy) is 1. The first kappa shape index (κ1) is 19.5. The van der Waals surface area contributed by atoms with Gasteiger partial charge in [-0.1, -0.05) is 31.2 Å². The van der Waals surface area contributed by atoms with E-state index in [1.807, 2.05) is 31.2 Å². The molecule has 0 radical (unpaired) electrons. The van der Waals surface area contributed by atoms with E-state index in [1.165, 1.54) is 11.3 Å². The van der Waals surface area contributed by atoms with Crippen molar-refractivity contribution in [3.05, 3.63) is 57.3 Å². The second-order valence-electron chi connectivity index (χ2n) is 6.61. The Morgan fingerprint density at radius 3 is 2.52 bits per heavy atom. The third-order valence-electron chi connectivity index (χ3n) is 4.66. The normalized spacial score (nSPS) is 18.9. The first-order valence-corrected chi connectivity index (χ1v) is 9.81. The minimum absolute atomic E-state index is 0.0277. The summed E-state index contributed by atoms with van der Waals surface area (Å²) in [5, 5.41) is 22.1. The molecule has 1 aliphatic rings. The fraction of sp³-hybridized carbons (Fsp3) is 0.400. The highest BCUT2D eigenvalue weighted by Gasteiger charge is 2.25. The standard InChI is InChI=1S/C20H23NO5S/c1-2-15(22)12-3-5-13(6-4-12)19(16-8-9-17(27-16)20(24)25)26-11-14-7-10-18(23)21-14/h3-6,8-9,14-15,19,22H,2,7,10-11H2,1H3,(H,21,23)(H,24,25)/t14?,15?,19-/m0/s1. The third kappa shape index (κ3) is 4.74. The molecule has 2 heterocycles. The highest BCUT2D eigenvalue weighted by atomic mass is 32.1. The topological polar surface area (TPSA) is 95.9 Å². The van der Waals surface area contributed by atoms with E-state index in [4.69, 9.17) is 4.74 Å². The smallest absolute Gasteiger partial charge is 0.345 e. The molecule has 27 heavy (non-hydrogen) atoms. The zero-order valence-corrected chi connectivity index (χ0v) is 15.9. The number of amides is 1. The Hall–Kier alpha value is -2.22. The number of thiophene rings is 1. The molecular weight excluding hydrogens is 366 g/mol. The van der Waals surface area contributed by atoms with Crippen LogP contribution in [-0.4, -0.2) is 34.7 Å². The fourth-order valence-corrected chi connectivity index (χ4v) is 4.02. The Balaban J connectivity index is 1.81. The zero-order valence-electron chi connectivity index (χ0n) is 15.1. The molecule has 0 saturated carbocycles. The average Bonchev–Trinajstić information content (AvgIpc) is 3.31. The Morgan fingerprint density at radius 1 is 1.26 bits per heavy atom. The summed E-state index contributed by atoms with van der Waals surface area (Å²) in [4.78, 5) is 23.7. The molecule has 144 valence electrons. The summed E-state index contributed by atoms with van der Waals surface area (Å²) in [5.74, 6) is -0.934. The number of hydrogen-bond acceptors (Lipinski definition) is 5. The van der Waals surface area contributed by atoms with Crippen LogP contribution < -0.4 is 5.32 Å². The molecule has 2 aromatic rings. The molecule has 3 atom stereocenters. The molecule has 1 saturated heterocycles. The van der Waals surface area contributed by atoms with E-state index in [2.05, 4.69) is 5.32 Å². The predicted octanol–water partition coefficient (Wildman–Crippen LogP) is 3.27. The maximum Gasteiger partial charge on any atom is 0.345 e. The highest BCUT2D eigenvalue weighted by Crippen LogP contribution is 2.33. The Labute approximate surface area is 161 Å². The third-order valence-corrected chi connectivity index (χ3v) is 5.77. The lowest BCUT2D eigenvalue weighted by Gasteiger charge is -2.20. The van der Waals surface area contributed by atoms with E-state index in [1.54, 1.807) is 12.1 Å². The largest absolute Gasteiger partial charge is 0.477 e. The van der Waals surface area contributed by atoms with Crippen molar-refractivity contribution in [2.45, 2.75) is 44.4 Å². The molecule has 1 aliphatic heterocycles. The SMILES string of the molecule is CCC(O)c1ccc([C@H](OCC2CCC(=O)N2)c2ccc(C(=O)O)s2)cc1. The van der Waals surface area contributed by atoms with Gasteiger partial charge in [-0.3, -0.25) is 4.79 Å². The number of aromatic carboxylic acids is 1. The van der Waals surface area contributed by atoms with Crippen molar-refractivity contribution < 1.29 is 24.5 Å². The van der Waals surface area contributed by atoms with Crippen molar-refractivity contribution in [3.63, 3.8) is 0 Å². The average molecular weight is 389 g/mol. The fourth-order valence-electron chi connectivity index (χ4n) is 3.09.